The Morgan fingerprint density at radius 2 is 2.30 bits per heavy atom. The average Bonchev–Trinajstić information content (AvgIpc) is 2.98. The van der Waals surface area contributed by atoms with Gasteiger partial charge >= 0.3 is 5.97 Å². The Hall–Kier alpha value is -2.37. The predicted octanol–water partition coefficient (Wildman–Crippen LogP) is 1.86. The molecule has 1 aliphatic rings. The number of aromatic amines is 1. The molecule has 1 aliphatic heterocycles. The van der Waals surface area contributed by atoms with Crippen molar-refractivity contribution in [2.24, 2.45) is 0 Å². The van der Waals surface area contributed by atoms with Crippen molar-refractivity contribution in [1.82, 2.24) is 15.0 Å². The van der Waals surface area contributed by atoms with Gasteiger partial charge in [-0.25, -0.2) is 14.8 Å². The van der Waals surface area contributed by atoms with Crippen LogP contribution in [-0.2, 0) is 16.8 Å². The highest BCUT2D eigenvalue weighted by Crippen LogP contribution is 2.38. The first-order chi connectivity index (χ1) is 9.58. The van der Waals surface area contributed by atoms with Gasteiger partial charge in [0.2, 0.25) is 0 Å². The number of rotatable bonds is 4. The van der Waals surface area contributed by atoms with E-state index in [2.05, 4.69) is 20.3 Å². The number of nitrogens with zero attached hydrogens (tertiary/aromatic N) is 2. The number of ether oxygens (including phenoxy) is 1. The minimum absolute atomic E-state index is 0.317. The van der Waals surface area contributed by atoms with Crippen LogP contribution < -0.4 is 5.32 Å². The van der Waals surface area contributed by atoms with E-state index in [0.29, 0.717) is 17.9 Å². The number of imidazole rings is 1. The van der Waals surface area contributed by atoms with E-state index in [1.165, 1.54) is 0 Å². The third-order valence-corrected chi connectivity index (χ3v) is 3.39. The Bertz CT molecular complexity index is 635. The Kier molecular flexibility index (Phi) is 2.93. The molecule has 104 valence electrons. The van der Waals surface area contributed by atoms with Crippen molar-refractivity contribution >= 4 is 11.8 Å². The van der Waals surface area contributed by atoms with Crippen molar-refractivity contribution in [2.45, 2.75) is 25.9 Å². The molecule has 0 radical (unpaired) electrons. The van der Waals surface area contributed by atoms with Crippen molar-refractivity contribution in [3.05, 3.63) is 41.6 Å². The first-order valence-electron chi connectivity index (χ1n) is 6.52. The zero-order valence-electron chi connectivity index (χ0n) is 11.4. The van der Waals surface area contributed by atoms with E-state index in [0.717, 1.165) is 17.7 Å². The van der Waals surface area contributed by atoms with Gasteiger partial charge in [0.05, 0.1) is 6.33 Å². The SMILES string of the molecule is CC1(C)OC(=O)c2c1ccnc2NCCc1cnc[nH]1. The minimum atomic E-state index is -0.588. The van der Waals surface area contributed by atoms with E-state index in [1.807, 2.05) is 19.9 Å². The van der Waals surface area contributed by atoms with E-state index < -0.39 is 5.60 Å². The molecule has 2 aromatic rings. The summed E-state index contributed by atoms with van der Waals surface area (Å²) in [5.74, 6) is 0.264. The lowest BCUT2D eigenvalue weighted by atomic mass is 9.97. The second-order valence-electron chi connectivity index (χ2n) is 5.24. The van der Waals surface area contributed by atoms with Crippen molar-refractivity contribution in [3.8, 4) is 0 Å². The number of hydrogen-bond acceptors (Lipinski definition) is 5. The molecule has 0 amide bonds. The van der Waals surface area contributed by atoms with Crippen molar-refractivity contribution in [3.63, 3.8) is 0 Å². The maximum absolute atomic E-state index is 12.0. The second-order valence-corrected chi connectivity index (χ2v) is 5.24. The summed E-state index contributed by atoms with van der Waals surface area (Å²) in [6.45, 7) is 4.43. The van der Waals surface area contributed by atoms with Crippen LogP contribution in [0.3, 0.4) is 0 Å². The average molecular weight is 272 g/mol. The third kappa shape index (κ3) is 2.13. The smallest absolute Gasteiger partial charge is 0.343 e. The maximum atomic E-state index is 12.0. The molecule has 0 spiro atoms. The number of fused-ring (bicyclic) bond motifs is 1. The van der Waals surface area contributed by atoms with Crippen LogP contribution in [0.5, 0.6) is 0 Å². The van der Waals surface area contributed by atoms with E-state index in [4.69, 9.17) is 4.74 Å². The fourth-order valence-electron chi connectivity index (χ4n) is 2.38. The molecule has 3 rings (SSSR count). The predicted molar refractivity (Wildman–Crippen MR) is 73.5 cm³/mol. The molecule has 0 saturated carbocycles. The van der Waals surface area contributed by atoms with Crippen LogP contribution in [0.25, 0.3) is 0 Å². The standard InChI is InChI=1S/C14H16N4O2/c1-14(2)10-4-6-17-12(11(10)13(19)20-14)16-5-3-9-7-15-8-18-9/h4,6-8H,3,5H2,1-2H3,(H,15,18)(H,16,17). The van der Waals surface area contributed by atoms with Crippen LogP contribution in [0.2, 0.25) is 0 Å². The lowest BCUT2D eigenvalue weighted by Gasteiger charge is -2.17. The minimum Gasteiger partial charge on any atom is -0.451 e. The number of cyclic esters (lactones) is 1. The first kappa shape index (κ1) is 12.7. The fourth-order valence-corrected chi connectivity index (χ4v) is 2.38. The van der Waals surface area contributed by atoms with Gasteiger partial charge < -0.3 is 15.0 Å². The highest BCUT2D eigenvalue weighted by molar-refractivity contribution is 5.99. The molecular formula is C14H16N4O2. The van der Waals surface area contributed by atoms with Gasteiger partial charge in [-0.1, -0.05) is 0 Å². The molecule has 3 heterocycles. The van der Waals surface area contributed by atoms with Crippen LogP contribution in [0.15, 0.2) is 24.8 Å². The van der Waals surface area contributed by atoms with Crippen LogP contribution >= 0.6 is 0 Å². The van der Waals surface area contributed by atoms with Gasteiger partial charge in [0.25, 0.3) is 0 Å². The molecule has 2 N–H and O–H groups in total. The van der Waals surface area contributed by atoms with Crippen molar-refractivity contribution < 1.29 is 9.53 Å². The zero-order chi connectivity index (χ0) is 14.2. The van der Waals surface area contributed by atoms with Gasteiger partial charge in [-0.05, 0) is 19.9 Å². The molecule has 0 bridgehead atoms. The Morgan fingerprint density at radius 1 is 1.45 bits per heavy atom. The van der Waals surface area contributed by atoms with Crippen LogP contribution in [-0.4, -0.2) is 27.5 Å². The molecule has 0 aliphatic carbocycles. The van der Waals surface area contributed by atoms with E-state index in [9.17, 15) is 4.79 Å². The first-order valence-corrected chi connectivity index (χ1v) is 6.52. The fraction of sp³-hybridized carbons (Fsp3) is 0.357. The molecule has 0 unspecified atom stereocenters. The summed E-state index contributed by atoms with van der Waals surface area (Å²) >= 11 is 0. The van der Waals surface area contributed by atoms with Gasteiger partial charge in [-0.3, -0.25) is 0 Å². The van der Waals surface area contributed by atoms with Gasteiger partial charge in [0.15, 0.2) is 0 Å². The molecule has 0 aromatic carbocycles. The topological polar surface area (TPSA) is 79.9 Å². The number of nitrogens with one attached hydrogen (secondary N) is 2. The zero-order valence-corrected chi connectivity index (χ0v) is 11.4. The van der Waals surface area contributed by atoms with Gasteiger partial charge in [-0.2, -0.15) is 0 Å². The van der Waals surface area contributed by atoms with E-state index in [-0.39, 0.29) is 5.97 Å². The number of carbonyl (C=O) groups is 1. The molecule has 0 fully saturated rings. The summed E-state index contributed by atoms with van der Waals surface area (Å²) in [5.41, 5.74) is 1.87. The number of hydrogen-bond donors (Lipinski definition) is 2. The number of carbonyl (C=O) groups excluding carboxylic acids is 1. The van der Waals surface area contributed by atoms with Crippen molar-refractivity contribution in [2.75, 3.05) is 11.9 Å². The number of H-pyrrole nitrogens is 1. The normalized spacial score (nSPS) is 15.8. The molecule has 6 heteroatoms. The highest BCUT2D eigenvalue weighted by Gasteiger charge is 2.39. The number of esters is 1. The molecule has 2 aromatic heterocycles. The lowest BCUT2D eigenvalue weighted by molar-refractivity contribution is 0.00958. The summed E-state index contributed by atoms with van der Waals surface area (Å²) in [7, 11) is 0. The molecule has 20 heavy (non-hydrogen) atoms. The van der Waals surface area contributed by atoms with Crippen LogP contribution in [0.4, 0.5) is 5.82 Å². The van der Waals surface area contributed by atoms with E-state index >= 15 is 0 Å². The van der Waals surface area contributed by atoms with Gasteiger partial charge in [0, 0.05) is 36.6 Å². The number of anilines is 1. The lowest BCUT2D eigenvalue weighted by Crippen LogP contribution is -2.15. The summed E-state index contributed by atoms with van der Waals surface area (Å²) in [4.78, 5) is 23.2. The number of aromatic nitrogens is 3. The summed E-state index contributed by atoms with van der Waals surface area (Å²) < 4.78 is 5.38. The number of pyridine rings is 1. The Labute approximate surface area is 116 Å². The third-order valence-electron chi connectivity index (χ3n) is 3.39. The van der Waals surface area contributed by atoms with Gasteiger partial charge in [-0.15, -0.1) is 0 Å². The molecule has 0 saturated heterocycles. The highest BCUT2D eigenvalue weighted by atomic mass is 16.6. The quantitative estimate of drug-likeness (QED) is 0.830. The summed E-state index contributed by atoms with van der Waals surface area (Å²) in [5, 5.41) is 3.19. The van der Waals surface area contributed by atoms with Gasteiger partial charge in [0.1, 0.15) is 17.0 Å². The monoisotopic (exact) mass is 272 g/mol. The van der Waals surface area contributed by atoms with Crippen LogP contribution in [0.1, 0.15) is 35.5 Å². The largest absolute Gasteiger partial charge is 0.451 e. The summed E-state index contributed by atoms with van der Waals surface area (Å²) in [6.07, 6.45) is 5.90. The molecular weight excluding hydrogens is 256 g/mol. The molecule has 6 nitrogen and oxygen atoms in total. The second kappa shape index (κ2) is 4.63. The van der Waals surface area contributed by atoms with E-state index in [1.54, 1.807) is 18.7 Å². The van der Waals surface area contributed by atoms with Crippen molar-refractivity contribution in [1.29, 1.82) is 0 Å². The molecule has 0 atom stereocenters. The van der Waals surface area contributed by atoms with Crippen LogP contribution in [0, 0.1) is 0 Å². The maximum Gasteiger partial charge on any atom is 0.343 e. The Balaban J connectivity index is 1.78. The summed E-state index contributed by atoms with van der Waals surface area (Å²) in [6, 6.07) is 1.83. The Morgan fingerprint density at radius 3 is 3.05 bits per heavy atom.